The molecule has 5 nitrogen and oxygen atoms in total. The molecule has 0 radical (unpaired) electrons. The molecule has 35 heavy (non-hydrogen) atoms. The Morgan fingerprint density at radius 1 is 1.03 bits per heavy atom. The van der Waals surface area contributed by atoms with Gasteiger partial charge in [-0.05, 0) is 67.3 Å². The minimum atomic E-state index is -0.338. The van der Waals surface area contributed by atoms with Crippen LogP contribution < -0.4 is 9.64 Å². The molecule has 1 aliphatic rings. The van der Waals surface area contributed by atoms with E-state index >= 15 is 0 Å². The van der Waals surface area contributed by atoms with Crippen molar-refractivity contribution in [3.8, 4) is 5.75 Å². The second-order valence-electron chi connectivity index (χ2n) is 9.05. The number of unbranched alkanes of at least 4 members (excludes halogenated alkanes) is 1. The van der Waals surface area contributed by atoms with Crippen molar-refractivity contribution in [3.63, 3.8) is 0 Å². The van der Waals surface area contributed by atoms with E-state index in [1.807, 2.05) is 30.3 Å². The summed E-state index contributed by atoms with van der Waals surface area (Å²) in [7, 11) is 0. The number of hydrogen-bond acceptors (Lipinski definition) is 3. The van der Waals surface area contributed by atoms with E-state index in [1.165, 1.54) is 17.7 Å². The summed E-state index contributed by atoms with van der Waals surface area (Å²) in [6, 6.07) is 22.6. The van der Waals surface area contributed by atoms with Crippen molar-refractivity contribution < 1.29 is 13.9 Å². The average molecular weight is 472 g/mol. The summed E-state index contributed by atoms with van der Waals surface area (Å²) in [5, 5.41) is 0. The highest BCUT2D eigenvalue weighted by atomic mass is 19.1. The van der Waals surface area contributed by atoms with Gasteiger partial charge in [0, 0.05) is 31.1 Å². The van der Waals surface area contributed by atoms with Gasteiger partial charge in [-0.2, -0.15) is 0 Å². The van der Waals surface area contributed by atoms with Crippen LogP contribution in [-0.2, 0) is 17.8 Å². The minimum absolute atomic E-state index is 0.00157. The van der Waals surface area contributed by atoms with Crippen molar-refractivity contribution in [2.45, 2.75) is 45.1 Å². The lowest BCUT2D eigenvalue weighted by Gasteiger charge is -2.17. The molecule has 0 spiro atoms. The van der Waals surface area contributed by atoms with Crippen molar-refractivity contribution in [2.75, 3.05) is 18.1 Å². The summed E-state index contributed by atoms with van der Waals surface area (Å²) in [5.41, 5.74) is 3.92. The smallest absolute Gasteiger partial charge is 0.227 e. The maximum atomic E-state index is 13.8. The van der Waals surface area contributed by atoms with Crippen LogP contribution in [0.4, 0.5) is 10.1 Å². The van der Waals surface area contributed by atoms with E-state index in [4.69, 9.17) is 9.72 Å². The highest BCUT2D eigenvalue weighted by molar-refractivity contribution is 5.96. The van der Waals surface area contributed by atoms with E-state index in [2.05, 4.69) is 29.7 Å². The fraction of sp³-hybridized carbons (Fsp3) is 0.310. The largest absolute Gasteiger partial charge is 0.494 e. The summed E-state index contributed by atoms with van der Waals surface area (Å²) >= 11 is 0. The van der Waals surface area contributed by atoms with Crippen molar-refractivity contribution in [2.24, 2.45) is 0 Å². The van der Waals surface area contributed by atoms with Gasteiger partial charge in [-0.15, -0.1) is 0 Å². The quantitative estimate of drug-likeness (QED) is 0.276. The molecule has 3 aromatic carbocycles. The summed E-state index contributed by atoms with van der Waals surface area (Å²) in [6.45, 7) is 4.11. The predicted octanol–water partition coefficient (Wildman–Crippen LogP) is 6.12. The first-order valence-corrected chi connectivity index (χ1v) is 12.3. The van der Waals surface area contributed by atoms with Gasteiger partial charge in [0.25, 0.3) is 0 Å². The van der Waals surface area contributed by atoms with Crippen LogP contribution in [0.1, 0.15) is 43.5 Å². The number of benzene rings is 3. The lowest BCUT2D eigenvalue weighted by molar-refractivity contribution is -0.117. The summed E-state index contributed by atoms with van der Waals surface area (Å²) < 4.78 is 21.9. The van der Waals surface area contributed by atoms with Gasteiger partial charge in [-0.25, -0.2) is 9.37 Å². The number of fused-ring (bicyclic) bond motifs is 1. The third kappa shape index (κ3) is 5.06. The van der Waals surface area contributed by atoms with Crippen molar-refractivity contribution in [1.29, 1.82) is 0 Å². The second kappa shape index (κ2) is 10.3. The summed E-state index contributed by atoms with van der Waals surface area (Å²) in [4.78, 5) is 19.4. The number of halogens is 1. The average Bonchev–Trinajstić information content (AvgIpc) is 3.44. The van der Waals surface area contributed by atoms with Crippen LogP contribution >= 0.6 is 0 Å². The van der Waals surface area contributed by atoms with Crippen molar-refractivity contribution in [1.82, 2.24) is 9.55 Å². The van der Waals surface area contributed by atoms with Crippen LogP contribution in [0.3, 0.4) is 0 Å². The van der Waals surface area contributed by atoms with Crippen LogP contribution in [-0.4, -0.2) is 28.6 Å². The van der Waals surface area contributed by atoms with Gasteiger partial charge in [0.05, 0.1) is 17.6 Å². The Labute approximate surface area is 205 Å². The molecule has 1 amide bonds. The van der Waals surface area contributed by atoms with Crippen LogP contribution in [0.15, 0.2) is 72.8 Å². The monoisotopic (exact) mass is 471 g/mol. The van der Waals surface area contributed by atoms with E-state index in [-0.39, 0.29) is 17.6 Å². The molecule has 2 heterocycles. The van der Waals surface area contributed by atoms with Gasteiger partial charge < -0.3 is 14.2 Å². The normalized spacial score (nSPS) is 15.8. The molecular weight excluding hydrogens is 441 g/mol. The molecule has 0 bridgehead atoms. The minimum Gasteiger partial charge on any atom is -0.494 e. The Morgan fingerprint density at radius 3 is 2.66 bits per heavy atom. The Hall–Kier alpha value is -3.67. The standard InChI is InChI=1S/C29H30FN3O2/c1-2-21-12-14-25(15-13-21)35-17-6-5-16-32-27-11-4-3-10-26(27)31-29(32)22-18-28(34)33(20-22)24-9-7-8-23(30)19-24/h3-4,7-15,19,22H,2,5-6,16-18,20H2,1H3. The fourth-order valence-corrected chi connectivity index (χ4v) is 4.80. The number of anilines is 1. The number of hydrogen-bond donors (Lipinski definition) is 0. The summed E-state index contributed by atoms with van der Waals surface area (Å²) in [6.07, 6.45) is 3.25. The van der Waals surface area contributed by atoms with Crippen LogP contribution in [0.5, 0.6) is 5.75 Å². The lowest BCUT2D eigenvalue weighted by Crippen LogP contribution is -2.24. The molecule has 0 aliphatic carbocycles. The van der Waals surface area contributed by atoms with Crippen LogP contribution in [0, 0.1) is 5.82 Å². The fourth-order valence-electron chi connectivity index (χ4n) is 4.80. The molecule has 1 fully saturated rings. The number of nitrogens with zero attached hydrogens (tertiary/aromatic N) is 3. The molecule has 4 aromatic rings. The van der Waals surface area contributed by atoms with Gasteiger partial charge in [0.2, 0.25) is 5.91 Å². The Bertz CT molecular complexity index is 1320. The number of para-hydroxylation sites is 2. The molecular formula is C29H30FN3O2. The van der Waals surface area contributed by atoms with E-state index in [9.17, 15) is 9.18 Å². The number of amides is 1. The number of aromatic nitrogens is 2. The van der Waals surface area contributed by atoms with Crippen molar-refractivity contribution >= 4 is 22.6 Å². The Kier molecular flexibility index (Phi) is 6.80. The lowest BCUT2D eigenvalue weighted by atomic mass is 10.1. The van der Waals surface area contributed by atoms with Gasteiger partial charge in [0.1, 0.15) is 17.4 Å². The number of carbonyl (C=O) groups excluding carboxylic acids is 1. The topological polar surface area (TPSA) is 47.4 Å². The predicted molar refractivity (Wildman–Crippen MR) is 136 cm³/mol. The van der Waals surface area contributed by atoms with Crippen LogP contribution in [0.25, 0.3) is 11.0 Å². The molecule has 180 valence electrons. The number of aryl methyl sites for hydroxylation is 2. The Morgan fingerprint density at radius 2 is 1.86 bits per heavy atom. The number of rotatable bonds is 9. The van der Waals surface area contributed by atoms with E-state index in [0.717, 1.165) is 48.4 Å². The molecule has 1 atom stereocenters. The highest BCUT2D eigenvalue weighted by Gasteiger charge is 2.34. The number of ether oxygens (including phenoxy) is 1. The molecule has 6 heteroatoms. The Balaban J connectivity index is 1.27. The maximum Gasteiger partial charge on any atom is 0.227 e. The zero-order chi connectivity index (χ0) is 24.2. The zero-order valence-corrected chi connectivity index (χ0v) is 20.0. The third-order valence-electron chi connectivity index (χ3n) is 6.67. The molecule has 1 aromatic heterocycles. The second-order valence-corrected chi connectivity index (χ2v) is 9.05. The zero-order valence-electron chi connectivity index (χ0n) is 20.0. The molecule has 5 rings (SSSR count). The molecule has 0 N–H and O–H groups in total. The van der Waals surface area contributed by atoms with E-state index in [1.54, 1.807) is 17.0 Å². The van der Waals surface area contributed by atoms with Gasteiger partial charge in [-0.1, -0.05) is 37.3 Å². The van der Waals surface area contributed by atoms with Gasteiger partial charge in [-0.3, -0.25) is 4.79 Å². The summed E-state index contributed by atoms with van der Waals surface area (Å²) in [5.74, 6) is 1.45. The van der Waals surface area contributed by atoms with E-state index in [0.29, 0.717) is 25.3 Å². The van der Waals surface area contributed by atoms with E-state index < -0.39 is 0 Å². The molecule has 1 aliphatic heterocycles. The SMILES string of the molecule is CCc1ccc(OCCCCn2c(C3CC(=O)N(c4cccc(F)c4)C3)nc3ccccc32)cc1. The first-order valence-electron chi connectivity index (χ1n) is 12.3. The maximum absolute atomic E-state index is 13.8. The molecule has 0 saturated carbocycles. The number of imidazole rings is 1. The first kappa shape index (κ1) is 23.1. The first-order chi connectivity index (χ1) is 17.1. The number of carbonyl (C=O) groups is 1. The van der Waals surface area contributed by atoms with Crippen molar-refractivity contribution in [3.05, 3.63) is 90.0 Å². The van der Waals surface area contributed by atoms with Gasteiger partial charge in [0.15, 0.2) is 0 Å². The van der Waals surface area contributed by atoms with Gasteiger partial charge >= 0.3 is 0 Å². The van der Waals surface area contributed by atoms with Crippen LogP contribution in [0.2, 0.25) is 0 Å². The molecule has 1 saturated heterocycles. The third-order valence-corrected chi connectivity index (χ3v) is 6.67. The highest BCUT2D eigenvalue weighted by Crippen LogP contribution is 2.33. The molecule has 1 unspecified atom stereocenters.